The van der Waals surface area contributed by atoms with E-state index < -0.39 is 11.6 Å². The van der Waals surface area contributed by atoms with Crippen LogP contribution in [0, 0.1) is 17.0 Å². The van der Waals surface area contributed by atoms with Gasteiger partial charge in [-0.15, -0.1) is 0 Å². The Morgan fingerprint density at radius 3 is 2.44 bits per heavy atom. The fraction of sp³-hybridized carbons (Fsp3) is 0.481. The number of likely N-dealkylation sites (tertiary alicyclic amines) is 1. The number of aromatic nitrogens is 1. The third-order valence-electron chi connectivity index (χ3n) is 7.78. The molecule has 1 aromatic heterocycles. The number of anilines is 1. The molecule has 0 N–H and O–H groups in total. The molecule has 1 saturated carbocycles. The maximum absolute atomic E-state index is 13.6. The van der Waals surface area contributed by atoms with Crippen molar-refractivity contribution in [2.45, 2.75) is 51.4 Å². The first-order valence-corrected chi connectivity index (χ1v) is 13.4. The Bertz CT molecular complexity index is 1220. The summed E-state index contributed by atoms with van der Waals surface area (Å²) in [4.78, 5) is 24.0. The van der Waals surface area contributed by atoms with E-state index in [4.69, 9.17) is 4.74 Å². The van der Waals surface area contributed by atoms with Gasteiger partial charge < -0.3 is 9.64 Å². The lowest BCUT2D eigenvalue weighted by molar-refractivity contribution is -0.137. The molecule has 0 unspecified atom stereocenters. The minimum Gasteiger partial charge on any atom is -0.446 e. The molecule has 6 nitrogen and oxygen atoms in total. The number of halogens is 2. The summed E-state index contributed by atoms with van der Waals surface area (Å²) in [5.41, 5.74) is 2.09. The van der Waals surface area contributed by atoms with Crippen molar-refractivity contribution in [2.24, 2.45) is 5.41 Å². The van der Waals surface area contributed by atoms with Gasteiger partial charge in [-0.25, -0.2) is 18.6 Å². The molecule has 0 radical (unpaired) electrons. The molecule has 2 atom stereocenters. The highest BCUT2D eigenvalue weighted by atomic mass is 32.1. The molecular formula is C27H30F2N4O2S. The number of nitrogens with zero attached hydrogens (tertiary/aromatic N) is 4. The quantitative estimate of drug-likeness (QED) is 0.477. The molecule has 3 fully saturated rings. The van der Waals surface area contributed by atoms with Crippen molar-refractivity contribution in [3.8, 4) is 0 Å². The Labute approximate surface area is 213 Å². The molecule has 3 aliphatic rings. The van der Waals surface area contributed by atoms with E-state index >= 15 is 0 Å². The van der Waals surface area contributed by atoms with Crippen LogP contribution in [0.15, 0.2) is 42.5 Å². The average Bonchev–Trinajstić information content (AvgIpc) is 3.19. The number of ether oxygens (including phenoxy) is 1. The summed E-state index contributed by atoms with van der Waals surface area (Å²) < 4.78 is 33.7. The van der Waals surface area contributed by atoms with Crippen molar-refractivity contribution in [3.63, 3.8) is 0 Å². The molecule has 3 heterocycles. The van der Waals surface area contributed by atoms with Crippen LogP contribution in [0.4, 0.5) is 18.7 Å². The summed E-state index contributed by atoms with van der Waals surface area (Å²) in [6.07, 6.45) is 1.61. The van der Waals surface area contributed by atoms with Gasteiger partial charge in [-0.2, -0.15) is 0 Å². The van der Waals surface area contributed by atoms with Crippen LogP contribution < -0.4 is 4.90 Å². The van der Waals surface area contributed by atoms with Gasteiger partial charge in [0, 0.05) is 44.2 Å². The molecule has 0 bridgehead atoms. The van der Waals surface area contributed by atoms with E-state index in [9.17, 15) is 13.6 Å². The molecule has 3 aromatic rings. The molecule has 36 heavy (non-hydrogen) atoms. The number of carbonyl (C=O) groups excluding carboxylic acids is 1. The van der Waals surface area contributed by atoms with Crippen LogP contribution in [0.3, 0.4) is 0 Å². The van der Waals surface area contributed by atoms with Crippen molar-refractivity contribution < 1.29 is 18.3 Å². The van der Waals surface area contributed by atoms with Crippen molar-refractivity contribution >= 4 is 32.8 Å². The Balaban J connectivity index is 1.01. The average molecular weight is 513 g/mol. The number of thiazole rings is 1. The van der Waals surface area contributed by atoms with Crippen LogP contribution in [0.25, 0.3) is 10.2 Å². The zero-order valence-electron chi connectivity index (χ0n) is 20.5. The van der Waals surface area contributed by atoms with E-state index in [0.29, 0.717) is 33.9 Å². The third-order valence-corrected chi connectivity index (χ3v) is 8.85. The van der Waals surface area contributed by atoms with Gasteiger partial charge in [0.2, 0.25) is 0 Å². The van der Waals surface area contributed by atoms with Gasteiger partial charge in [0.25, 0.3) is 0 Å². The minimum absolute atomic E-state index is 0.0112. The second-order valence-electron chi connectivity index (χ2n) is 10.8. The largest absolute Gasteiger partial charge is 0.446 e. The summed E-state index contributed by atoms with van der Waals surface area (Å²) in [7, 11) is 0. The molecule has 2 saturated heterocycles. The topological polar surface area (TPSA) is 48.9 Å². The third kappa shape index (κ3) is 4.32. The highest BCUT2D eigenvalue weighted by Gasteiger charge is 2.54. The Morgan fingerprint density at radius 1 is 1.08 bits per heavy atom. The van der Waals surface area contributed by atoms with Gasteiger partial charge >= 0.3 is 6.09 Å². The highest BCUT2D eigenvalue weighted by Crippen LogP contribution is 2.50. The van der Waals surface area contributed by atoms with Crippen molar-refractivity contribution in [3.05, 3.63) is 59.7 Å². The number of hydrogen-bond acceptors (Lipinski definition) is 6. The number of fused-ring (bicyclic) bond motifs is 1. The lowest BCUT2D eigenvalue weighted by atomic mass is 9.61. The molecule has 6 rings (SSSR count). The van der Waals surface area contributed by atoms with Gasteiger partial charge in [0.15, 0.2) is 16.8 Å². The second kappa shape index (κ2) is 8.95. The van der Waals surface area contributed by atoms with Gasteiger partial charge in [-0.1, -0.05) is 41.7 Å². The standard InChI is InChI=1S/C27H30F2N4O2S/c1-17-12-32(25-30-23-8-21(28)22(29)9-24(23)36-25)13-18(2)33(17)26(34)35-20-10-27(11-20)15-31(16-27)14-19-6-4-3-5-7-19/h3-9,17-18,20H,10-16H2,1-2H3/t17-,18+. The van der Waals surface area contributed by atoms with Gasteiger partial charge in [0.05, 0.1) is 22.3 Å². The van der Waals surface area contributed by atoms with Crippen LogP contribution in [0.1, 0.15) is 32.3 Å². The summed E-state index contributed by atoms with van der Waals surface area (Å²) in [6.45, 7) is 8.30. The van der Waals surface area contributed by atoms with Gasteiger partial charge in [-0.05, 0) is 38.3 Å². The van der Waals surface area contributed by atoms with E-state index in [1.807, 2.05) is 24.8 Å². The summed E-state index contributed by atoms with van der Waals surface area (Å²) in [5.74, 6) is -1.76. The fourth-order valence-electron chi connectivity index (χ4n) is 6.19. The van der Waals surface area contributed by atoms with Crippen LogP contribution in [0.5, 0.6) is 0 Å². The SMILES string of the molecule is C[C@@H]1CN(c2nc3cc(F)c(F)cc3s2)C[C@H](C)N1C(=O)OC1CC2(C1)CN(Cc1ccccc1)C2. The monoisotopic (exact) mass is 512 g/mol. The fourth-order valence-corrected chi connectivity index (χ4v) is 7.18. The van der Waals surface area contributed by atoms with E-state index in [2.05, 4.69) is 39.0 Å². The van der Waals surface area contributed by atoms with Gasteiger partial charge in [0.1, 0.15) is 6.10 Å². The second-order valence-corrected chi connectivity index (χ2v) is 11.8. The predicted molar refractivity (Wildman–Crippen MR) is 136 cm³/mol. The summed E-state index contributed by atoms with van der Waals surface area (Å²) in [5, 5.41) is 0.715. The normalized spacial score (nSPS) is 24.1. The molecule has 2 aliphatic heterocycles. The zero-order chi connectivity index (χ0) is 25.0. The lowest BCUT2D eigenvalue weighted by Crippen LogP contribution is -2.64. The lowest BCUT2D eigenvalue weighted by Gasteiger charge is -2.58. The van der Waals surface area contributed by atoms with Crippen molar-refractivity contribution in [1.29, 1.82) is 0 Å². The first-order chi connectivity index (χ1) is 17.3. The smallest absolute Gasteiger partial charge is 0.410 e. The molecular weight excluding hydrogens is 482 g/mol. The number of piperazine rings is 1. The number of rotatable bonds is 4. The molecule has 1 spiro atoms. The van der Waals surface area contributed by atoms with E-state index in [0.717, 1.165) is 38.5 Å². The van der Waals surface area contributed by atoms with Crippen LogP contribution in [-0.4, -0.2) is 65.2 Å². The van der Waals surface area contributed by atoms with Crippen molar-refractivity contribution in [2.75, 3.05) is 31.1 Å². The van der Waals surface area contributed by atoms with Crippen LogP contribution in [-0.2, 0) is 11.3 Å². The number of carbonyl (C=O) groups is 1. The van der Waals surface area contributed by atoms with Crippen LogP contribution >= 0.6 is 11.3 Å². The summed E-state index contributed by atoms with van der Waals surface area (Å²) >= 11 is 1.34. The van der Waals surface area contributed by atoms with Crippen molar-refractivity contribution in [1.82, 2.24) is 14.8 Å². The Hall–Kier alpha value is -2.78. The van der Waals surface area contributed by atoms with Crippen LogP contribution in [0.2, 0.25) is 0 Å². The Morgan fingerprint density at radius 2 is 1.75 bits per heavy atom. The maximum atomic E-state index is 13.6. The van der Waals surface area contributed by atoms with E-state index in [-0.39, 0.29) is 24.3 Å². The maximum Gasteiger partial charge on any atom is 0.410 e. The van der Waals surface area contributed by atoms with E-state index in [1.165, 1.54) is 23.0 Å². The number of benzene rings is 2. The highest BCUT2D eigenvalue weighted by molar-refractivity contribution is 7.22. The first-order valence-electron chi connectivity index (χ1n) is 12.5. The first kappa shape index (κ1) is 23.6. The van der Waals surface area contributed by atoms with E-state index in [1.54, 1.807) is 0 Å². The minimum atomic E-state index is -0.891. The Kier molecular flexibility index (Phi) is 5.87. The van der Waals surface area contributed by atoms with Gasteiger partial charge in [-0.3, -0.25) is 9.80 Å². The molecule has 9 heteroatoms. The predicted octanol–water partition coefficient (Wildman–Crippen LogP) is 5.27. The molecule has 190 valence electrons. The molecule has 1 aliphatic carbocycles. The number of amides is 1. The molecule has 2 aromatic carbocycles. The summed E-state index contributed by atoms with van der Waals surface area (Å²) in [6, 6.07) is 12.7. The zero-order valence-corrected chi connectivity index (χ0v) is 21.3. The molecule has 1 amide bonds. The number of hydrogen-bond donors (Lipinski definition) is 0.